The minimum Gasteiger partial charge on any atom is -0.346 e. The van der Waals surface area contributed by atoms with Crippen LogP contribution in [0, 0.1) is 6.92 Å². The lowest BCUT2D eigenvalue weighted by Crippen LogP contribution is -2.17. The molecular formula is C16H22N4O4S. The smallest absolute Gasteiger partial charge is 0.258 e. The van der Waals surface area contributed by atoms with Gasteiger partial charge in [0, 0.05) is 35.1 Å². The number of anilines is 1. The van der Waals surface area contributed by atoms with Crippen LogP contribution in [0.3, 0.4) is 0 Å². The lowest BCUT2D eigenvalue weighted by molar-refractivity contribution is -0.0461. The zero-order chi connectivity index (χ0) is 17.1. The molecule has 0 spiro atoms. The molecule has 1 amide bonds. The summed E-state index contributed by atoms with van der Waals surface area (Å²) in [5.74, 6) is 0.119. The van der Waals surface area contributed by atoms with Crippen LogP contribution in [-0.4, -0.2) is 41.0 Å². The predicted octanol–water partition coefficient (Wildman–Crippen LogP) is 2.71. The van der Waals surface area contributed by atoms with Crippen LogP contribution in [0.4, 0.5) is 5.95 Å². The van der Waals surface area contributed by atoms with Gasteiger partial charge in [0.25, 0.3) is 5.91 Å². The fourth-order valence-corrected chi connectivity index (χ4v) is 3.12. The quantitative estimate of drug-likeness (QED) is 0.814. The molecule has 0 saturated carbocycles. The highest BCUT2D eigenvalue weighted by Gasteiger charge is 2.25. The average molecular weight is 366 g/mol. The van der Waals surface area contributed by atoms with E-state index in [4.69, 9.17) is 13.7 Å². The first-order valence-corrected chi connectivity index (χ1v) is 8.08. The number of aromatic nitrogens is 3. The Labute approximate surface area is 151 Å². The van der Waals surface area contributed by atoms with E-state index in [2.05, 4.69) is 15.4 Å². The van der Waals surface area contributed by atoms with E-state index in [1.807, 2.05) is 13.0 Å². The van der Waals surface area contributed by atoms with Gasteiger partial charge in [-0.25, -0.2) is 4.68 Å². The third-order valence-electron chi connectivity index (χ3n) is 3.66. The zero-order valence-corrected chi connectivity index (χ0v) is 14.4. The normalized spacial score (nSPS) is 14.4. The van der Waals surface area contributed by atoms with Gasteiger partial charge in [-0.2, -0.15) is 10.1 Å². The Hall–Kier alpha value is -1.94. The van der Waals surface area contributed by atoms with Gasteiger partial charge in [-0.3, -0.25) is 10.1 Å². The monoisotopic (exact) mass is 366 g/mol. The molecule has 0 radical (unpaired) electrons. The third kappa shape index (κ3) is 4.01. The Morgan fingerprint density at radius 1 is 1.40 bits per heavy atom. The molecule has 8 nitrogen and oxygen atoms in total. The van der Waals surface area contributed by atoms with Crippen molar-refractivity contribution in [1.29, 1.82) is 0 Å². The number of hydrogen-bond donors (Lipinski definition) is 1. The summed E-state index contributed by atoms with van der Waals surface area (Å²) >= 11 is 1.18. The Kier molecular flexibility index (Phi) is 6.54. The maximum absolute atomic E-state index is 12.6. The number of carbonyl (C=O) groups excluding carboxylic acids is 1. The molecule has 1 saturated heterocycles. The van der Waals surface area contributed by atoms with E-state index < -0.39 is 6.29 Å². The van der Waals surface area contributed by atoms with Crippen molar-refractivity contribution < 1.29 is 18.5 Å². The first-order valence-electron chi connectivity index (χ1n) is 7.34. The summed E-state index contributed by atoms with van der Waals surface area (Å²) in [7, 11) is 3.29. The number of ether oxygens (including phenoxy) is 2. The minimum absolute atomic E-state index is 0. The number of amides is 1. The second kappa shape index (κ2) is 8.43. The second-order valence-electron chi connectivity index (χ2n) is 5.14. The Morgan fingerprint density at radius 2 is 2.12 bits per heavy atom. The first kappa shape index (κ1) is 19.4. The van der Waals surface area contributed by atoms with E-state index in [1.165, 1.54) is 23.1 Å². The molecule has 1 aromatic carbocycles. The van der Waals surface area contributed by atoms with Gasteiger partial charge < -0.3 is 13.7 Å². The summed E-state index contributed by atoms with van der Waals surface area (Å²) in [6, 6.07) is 3.58. The van der Waals surface area contributed by atoms with Crippen molar-refractivity contribution >= 4 is 23.9 Å². The fourth-order valence-electron chi connectivity index (χ4n) is 2.45. The maximum Gasteiger partial charge on any atom is 0.258 e. The van der Waals surface area contributed by atoms with E-state index in [0.29, 0.717) is 24.7 Å². The van der Waals surface area contributed by atoms with Crippen molar-refractivity contribution in [2.24, 2.45) is 7.05 Å². The summed E-state index contributed by atoms with van der Waals surface area (Å²) in [6.45, 7) is 2.97. The average Bonchev–Trinajstić information content (AvgIpc) is 3.22. The van der Waals surface area contributed by atoms with E-state index in [1.54, 1.807) is 20.2 Å². The molecular weight excluding hydrogens is 344 g/mol. The second-order valence-corrected chi connectivity index (χ2v) is 6.05. The topological polar surface area (TPSA) is 87.5 Å². The SMILES string of the molecule is C.COSc1c(C2OCCO2)ccc(C(=O)Nc2ncnn2C)c1C. The molecule has 25 heavy (non-hydrogen) atoms. The molecule has 3 rings (SSSR count). The van der Waals surface area contributed by atoms with Crippen LogP contribution >= 0.6 is 12.0 Å². The highest BCUT2D eigenvalue weighted by Crippen LogP contribution is 2.36. The molecule has 0 atom stereocenters. The van der Waals surface area contributed by atoms with E-state index in [-0.39, 0.29) is 13.3 Å². The number of hydrogen-bond acceptors (Lipinski definition) is 7. The largest absolute Gasteiger partial charge is 0.346 e. The molecule has 1 N–H and O–H groups in total. The van der Waals surface area contributed by atoms with Crippen LogP contribution in [0.15, 0.2) is 23.4 Å². The summed E-state index contributed by atoms with van der Waals surface area (Å²) in [5.41, 5.74) is 2.17. The van der Waals surface area contributed by atoms with Crippen molar-refractivity contribution in [2.75, 3.05) is 25.6 Å². The van der Waals surface area contributed by atoms with Gasteiger partial charge in [-0.05, 0) is 18.6 Å². The third-order valence-corrected chi connectivity index (χ3v) is 4.54. The van der Waals surface area contributed by atoms with Crippen LogP contribution < -0.4 is 5.32 Å². The Bertz CT molecular complexity index is 744. The molecule has 1 aromatic heterocycles. The summed E-state index contributed by atoms with van der Waals surface area (Å²) in [4.78, 5) is 17.4. The van der Waals surface area contributed by atoms with Gasteiger partial charge in [-0.1, -0.05) is 13.5 Å². The zero-order valence-electron chi connectivity index (χ0n) is 13.6. The standard InChI is InChI=1S/C15H18N4O4S.CH4/c1-9-10(13(20)18-15-16-8-17-19(15)2)4-5-11(12(9)24-21-3)14-22-6-7-23-14;/h4-5,8,14H,6-7H2,1-3H3,(H,16,17,18,20);1H4. The van der Waals surface area contributed by atoms with Crippen LogP contribution in [0.2, 0.25) is 0 Å². The molecule has 2 heterocycles. The van der Waals surface area contributed by atoms with Gasteiger partial charge in [0.1, 0.15) is 6.33 Å². The van der Waals surface area contributed by atoms with Crippen molar-refractivity contribution in [3.05, 3.63) is 35.2 Å². The molecule has 9 heteroatoms. The molecule has 0 aliphatic carbocycles. The minimum atomic E-state index is -0.433. The molecule has 0 bridgehead atoms. The fraction of sp³-hybridized carbons (Fsp3) is 0.438. The first-order chi connectivity index (χ1) is 11.6. The van der Waals surface area contributed by atoms with E-state index in [9.17, 15) is 4.79 Å². The van der Waals surface area contributed by atoms with Crippen molar-refractivity contribution in [3.63, 3.8) is 0 Å². The molecule has 136 valence electrons. The summed E-state index contributed by atoms with van der Waals surface area (Å²) in [5, 5.41) is 6.68. The Balaban J connectivity index is 0.00000225. The molecule has 2 aromatic rings. The number of nitrogens with zero attached hydrogens (tertiary/aromatic N) is 3. The number of carbonyl (C=O) groups is 1. The number of benzene rings is 1. The van der Waals surface area contributed by atoms with Gasteiger partial charge in [0.2, 0.25) is 5.95 Å². The van der Waals surface area contributed by atoms with E-state index in [0.717, 1.165) is 16.0 Å². The van der Waals surface area contributed by atoms with Crippen molar-refractivity contribution in [2.45, 2.75) is 25.5 Å². The predicted molar refractivity (Wildman–Crippen MR) is 94.4 cm³/mol. The number of aryl methyl sites for hydroxylation is 1. The molecule has 1 aliphatic rings. The summed E-state index contributed by atoms with van der Waals surface area (Å²) in [6.07, 6.45) is 0.948. The molecule has 0 unspecified atom stereocenters. The lowest BCUT2D eigenvalue weighted by Gasteiger charge is -2.17. The van der Waals surface area contributed by atoms with Gasteiger partial charge in [-0.15, -0.1) is 0 Å². The van der Waals surface area contributed by atoms with Gasteiger partial charge in [0.15, 0.2) is 6.29 Å². The van der Waals surface area contributed by atoms with Crippen LogP contribution in [0.25, 0.3) is 0 Å². The van der Waals surface area contributed by atoms with Crippen molar-refractivity contribution in [3.8, 4) is 0 Å². The number of nitrogens with one attached hydrogen (secondary N) is 1. The van der Waals surface area contributed by atoms with Gasteiger partial charge in [0.05, 0.1) is 20.3 Å². The van der Waals surface area contributed by atoms with Crippen LogP contribution in [-0.2, 0) is 20.7 Å². The number of rotatable bonds is 5. The lowest BCUT2D eigenvalue weighted by atomic mass is 10.0. The Morgan fingerprint density at radius 3 is 2.72 bits per heavy atom. The van der Waals surface area contributed by atoms with Crippen LogP contribution in [0.1, 0.15) is 35.2 Å². The summed E-state index contributed by atoms with van der Waals surface area (Å²) < 4.78 is 17.8. The highest BCUT2D eigenvalue weighted by atomic mass is 32.2. The molecule has 1 fully saturated rings. The van der Waals surface area contributed by atoms with Crippen molar-refractivity contribution in [1.82, 2.24) is 14.8 Å². The van der Waals surface area contributed by atoms with Gasteiger partial charge >= 0.3 is 0 Å². The van der Waals surface area contributed by atoms with E-state index >= 15 is 0 Å². The highest BCUT2D eigenvalue weighted by molar-refractivity contribution is 7.94. The maximum atomic E-state index is 12.6. The van der Waals surface area contributed by atoms with Crippen LogP contribution in [0.5, 0.6) is 0 Å². The molecule has 1 aliphatic heterocycles.